The molecule has 1 aliphatic rings. The molecule has 8 heteroatoms. The number of nitrogens with zero attached hydrogens (tertiary/aromatic N) is 1. The zero-order valence-electron chi connectivity index (χ0n) is 11.4. The van der Waals surface area contributed by atoms with Crippen molar-refractivity contribution in [3.63, 3.8) is 0 Å². The molecular formula is C13H14F3NO4. The van der Waals surface area contributed by atoms with E-state index in [4.69, 9.17) is 14.6 Å². The first kappa shape index (κ1) is 15.6. The minimum atomic E-state index is -4.61. The molecule has 21 heavy (non-hydrogen) atoms. The van der Waals surface area contributed by atoms with E-state index >= 15 is 0 Å². The maximum absolute atomic E-state index is 12.8. The number of carbonyl (C=O) groups is 1. The highest BCUT2D eigenvalue weighted by Crippen LogP contribution is 2.36. The van der Waals surface area contributed by atoms with Crippen molar-refractivity contribution in [3.8, 4) is 0 Å². The van der Waals surface area contributed by atoms with Gasteiger partial charge in [0.2, 0.25) is 5.79 Å². The molecule has 0 spiro atoms. The molecule has 5 nitrogen and oxygen atoms in total. The maximum atomic E-state index is 12.8. The van der Waals surface area contributed by atoms with Crippen molar-refractivity contribution in [3.05, 3.63) is 29.3 Å². The van der Waals surface area contributed by atoms with Crippen LogP contribution in [-0.4, -0.2) is 44.2 Å². The second kappa shape index (κ2) is 5.19. The summed E-state index contributed by atoms with van der Waals surface area (Å²) in [5, 5.41) is 8.93. The van der Waals surface area contributed by atoms with E-state index in [0.717, 1.165) is 6.07 Å². The fraction of sp³-hybridized carbons (Fsp3) is 0.462. The summed E-state index contributed by atoms with van der Waals surface area (Å²) in [7, 11) is 2.88. The predicted molar refractivity (Wildman–Crippen MR) is 67.4 cm³/mol. The average Bonchev–Trinajstić information content (AvgIpc) is 2.37. The molecule has 1 saturated heterocycles. The van der Waals surface area contributed by atoms with Crippen LogP contribution in [0, 0.1) is 0 Å². The van der Waals surface area contributed by atoms with Crippen molar-refractivity contribution in [2.75, 3.05) is 32.2 Å². The fourth-order valence-electron chi connectivity index (χ4n) is 2.14. The zero-order chi connectivity index (χ0) is 15.8. The molecule has 1 heterocycles. The van der Waals surface area contributed by atoms with E-state index in [1.54, 1.807) is 4.90 Å². The number of ether oxygens (including phenoxy) is 2. The predicted octanol–water partition coefficient (Wildman–Crippen LogP) is 2.21. The van der Waals surface area contributed by atoms with Crippen molar-refractivity contribution >= 4 is 11.7 Å². The van der Waals surface area contributed by atoms with Gasteiger partial charge in [0.25, 0.3) is 0 Å². The Balaban J connectivity index is 2.33. The minimum absolute atomic E-state index is 0.173. The Labute approximate surface area is 118 Å². The van der Waals surface area contributed by atoms with Gasteiger partial charge in [0, 0.05) is 19.9 Å². The van der Waals surface area contributed by atoms with Gasteiger partial charge in [-0.15, -0.1) is 0 Å². The van der Waals surface area contributed by atoms with Gasteiger partial charge in [-0.3, -0.25) is 0 Å². The molecule has 0 bridgehead atoms. The summed E-state index contributed by atoms with van der Waals surface area (Å²) >= 11 is 0. The number of anilines is 1. The summed E-state index contributed by atoms with van der Waals surface area (Å²) in [4.78, 5) is 12.5. The van der Waals surface area contributed by atoms with E-state index in [1.807, 2.05) is 0 Å². The van der Waals surface area contributed by atoms with Crippen LogP contribution in [0.4, 0.5) is 18.9 Å². The van der Waals surface area contributed by atoms with Crippen LogP contribution in [0.3, 0.4) is 0 Å². The summed E-state index contributed by atoms with van der Waals surface area (Å²) < 4.78 is 48.8. The number of carboxylic acids is 1. The van der Waals surface area contributed by atoms with Crippen LogP contribution >= 0.6 is 0 Å². The number of benzene rings is 1. The highest BCUT2D eigenvalue weighted by molar-refractivity contribution is 5.89. The van der Waals surface area contributed by atoms with Gasteiger partial charge in [-0.2, -0.15) is 13.2 Å². The van der Waals surface area contributed by atoms with Gasteiger partial charge in [0.05, 0.1) is 24.2 Å². The van der Waals surface area contributed by atoms with Crippen LogP contribution in [0.2, 0.25) is 0 Å². The summed E-state index contributed by atoms with van der Waals surface area (Å²) in [5.41, 5.74) is -1.23. The maximum Gasteiger partial charge on any atom is 0.416 e. The van der Waals surface area contributed by atoms with Crippen LogP contribution in [0.1, 0.15) is 15.9 Å². The largest absolute Gasteiger partial charge is 0.478 e. The van der Waals surface area contributed by atoms with Gasteiger partial charge in [-0.05, 0) is 18.2 Å². The van der Waals surface area contributed by atoms with Crippen molar-refractivity contribution in [1.82, 2.24) is 0 Å². The molecule has 1 fully saturated rings. The second-order valence-corrected chi connectivity index (χ2v) is 4.75. The van der Waals surface area contributed by atoms with E-state index in [2.05, 4.69) is 0 Å². The molecule has 0 amide bonds. The van der Waals surface area contributed by atoms with Crippen molar-refractivity contribution in [2.45, 2.75) is 12.0 Å². The second-order valence-electron chi connectivity index (χ2n) is 4.75. The first-order valence-electron chi connectivity index (χ1n) is 6.01. The van der Waals surface area contributed by atoms with Crippen LogP contribution in [0.5, 0.6) is 0 Å². The molecular weight excluding hydrogens is 291 g/mol. The Morgan fingerprint density at radius 1 is 1.24 bits per heavy atom. The lowest BCUT2D eigenvalue weighted by atomic mass is 10.0. The first-order chi connectivity index (χ1) is 9.70. The third-order valence-corrected chi connectivity index (χ3v) is 3.46. The monoisotopic (exact) mass is 305 g/mol. The van der Waals surface area contributed by atoms with Crippen LogP contribution in [-0.2, 0) is 15.7 Å². The van der Waals surface area contributed by atoms with Gasteiger partial charge in [0.15, 0.2) is 0 Å². The van der Waals surface area contributed by atoms with Gasteiger partial charge >= 0.3 is 12.1 Å². The van der Waals surface area contributed by atoms with Gasteiger partial charge in [-0.25, -0.2) is 4.79 Å². The quantitative estimate of drug-likeness (QED) is 0.864. The Morgan fingerprint density at radius 2 is 1.81 bits per heavy atom. The average molecular weight is 305 g/mol. The molecule has 116 valence electrons. The SMILES string of the molecule is COC1(OC)CN(c2cc(C(=O)O)cc(C(F)(F)F)c2)C1. The van der Waals surface area contributed by atoms with E-state index < -0.39 is 29.1 Å². The smallest absolute Gasteiger partial charge is 0.416 e. The van der Waals surface area contributed by atoms with Crippen molar-refractivity contribution < 1.29 is 32.5 Å². The number of aromatic carboxylic acids is 1. The topological polar surface area (TPSA) is 59.0 Å². The summed E-state index contributed by atoms with van der Waals surface area (Å²) in [5.74, 6) is -2.27. The highest BCUT2D eigenvalue weighted by atomic mass is 19.4. The molecule has 0 radical (unpaired) electrons. The summed E-state index contributed by atoms with van der Waals surface area (Å²) in [6.45, 7) is 0.445. The Hall–Kier alpha value is -1.80. The van der Waals surface area contributed by atoms with E-state index in [9.17, 15) is 18.0 Å². The Bertz CT molecular complexity index is 547. The minimum Gasteiger partial charge on any atom is -0.478 e. The third-order valence-electron chi connectivity index (χ3n) is 3.46. The number of hydrogen-bond donors (Lipinski definition) is 1. The molecule has 1 aromatic carbocycles. The lowest BCUT2D eigenvalue weighted by molar-refractivity contribution is -0.219. The number of carboxylic acid groups (broad SMARTS) is 1. The van der Waals surface area contributed by atoms with Crippen molar-refractivity contribution in [1.29, 1.82) is 0 Å². The number of hydrogen-bond acceptors (Lipinski definition) is 4. The van der Waals surface area contributed by atoms with Crippen molar-refractivity contribution in [2.24, 2.45) is 0 Å². The molecule has 0 atom stereocenters. The number of methoxy groups -OCH3 is 2. The normalized spacial score (nSPS) is 17.5. The summed E-state index contributed by atoms with van der Waals surface area (Å²) in [6.07, 6.45) is -4.61. The Morgan fingerprint density at radius 3 is 2.24 bits per heavy atom. The van der Waals surface area contributed by atoms with Gasteiger partial charge in [0.1, 0.15) is 0 Å². The molecule has 0 aromatic heterocycles. The number of rotatable bonds is 4. The molecule has 0 aliphatic carbocycles. The lowest BCUT2D eigenvalue weighted by Gasteiger charge is -2.48. The fourth-order valence-corrected chi connectivity index (χ4v) is 2.14. The van der Waals surface area contributed by atoms with Crippen LogP contribution in [0.25, 0.3) is 0 Å². The standard InChI is InChI=1S/C13H14F3NO4/c1-20-12(21-2)6-17(7-12)10-4-8(11(18)19)3-9(5-10)13(14,15)16/h3-5H,6-7H2,1-2H3,(H,18,19). The number of halogens is 3. The number of alkyl halides is 3. The molecule has 0 unspecified atom stereocenters. The Kier molecular flexibility index (Phi) is 3.85. The molecule has 1 N–H and O–H groups in total. The van der Waals surface area contributed by atoms with Gasteiger partial charge in [-0.1, -0.05) is 0 Å². The molecule has 1 aromatic rings. The molecule has 2 rings (SSSR count). The van der Waals surface area contributed by atoms with Crippen LogP contribution < -0.4 is 4.90 Å². The third kappa shape index (κ3) is 2.96. The van der Waals surface area contributed by atoms with Crippen LogP contribution in [0.15, 0.2) is 18.2 Å². The molecule has 1 aliphatic heterocycles. The molecule has 0 saturated carbocycles. The van der Waals surface area contributed by atoms with Gasteiger partial charge < -0.3 is 19.5 Å². The first-order valence-corrected chi connectivity index (χ1v) is 6.01. The lowest BCUT2D eigenvalue weighted by Crippen LogP contribution is -2.64. The van der Waals surface area contributed by atoms with E-state index in [1.165, 1.54) is 20.3 Å². The highest BCUT2D eigenvalue weighted by Gasteiger charge is 2.44. The zero-order valence-corrected chi connectivity index (χ0v) is 11.4. The summed E-state index contributed by atoms with van der Waals surface area (Å²) in [6, 6.07) is 2.74. The van der Waals surface area contributed by atoms with E-state index in [0.29, 0.717) is 6.07 Å². The van der Waals surface area contributed by atoms with E-state index in [-0.39, 0.29) is 18.8 Å².